The molecule has 0 spiro atoms. The van der Waals surface area contributed by atoms with Gasteiger partial charge in [-0.15, -0.1) is 0 Å². The summed E-state index contributed by atoms with van der Waals surface area (Å²) in [4.78, 5) is 14.0. The van der Waals surface area contributed by atoms with Gasteiger partial charge in [0.1, 0.15) is 5.82 Å². The van der Waals surface area contributed by atoms with Crippen molar-refractivity contribution in [2.75, 3.05) is 0 Å². The molecule has 126 valence electrons. The van der Waals surface area contributed by atoms with Gasteiger partial charge in [0.2, 0.25) is 0 Å². The summed E-state index contributed by atoms with van der Waals surface area (Å²) in [7, 11) is 0. The van der Waals surface area contributed by atoms with Crippen LogP contribution in [-0.4, -0.2) is 15.0 Å². The van der Waals surface area contributed by atoms with Gasteiger partial charge in [-0.3, -0.25) is 0 Å². The van der Waals surface area contributed by atoms with E-state index in [1.807, 2.05) is 48.5 Å². The van der Waals surface area contributed by atoms with Gasteiger partial charge < -0.3 is 0 Å². The maximum absolute atomic E-state index is 4.73. The van der Waals surface area contributed by atoms with Crippen molar-refractivity contribution in [3.05, 3.63) is 90.8 Å². The third kappa shape index (κ3) is 3.38. The summed E-state index contributed by atoms with van der Waals surface area (Å²) in [5.74, 6) is 2.24. The van der Waals surface area contributed by atoms with Gasteiger partial charge >= 0.3 is 0 Å². The van der Waals surface area contributed by atoms with E-state index in [1.54, 1.807) is 0 Å². The molecule has 0 amide bonds. The molecule has 1 aromatic heterocycles. The molecule has 3 heteroatoms. The van der Waals surface area contributed by atoms with Crippen LogP contribution in [0.1, 0.15) is 12.7 Å². The van der Waals surface area contributed by atoms with Crippen LogP contribution < -0.4 is 0 Å². The van der Waals surface area contributed by atoms with E-state index < -0.39 is 0 Å². The predicted octanol–water partition coefficient (Wildman–Crippen LogP) is 5.44. The number of nitrogens with zero attached hydrogens (tertiary/aromatic N) is 3. The van der Waals surface area contributed by atoms with Gasteiger partial charge in [0.15, 0.2) is 11.6 Å². The molecule has 0 saturated carbocycles. The highest BCUT2D eigenvalue weighted by molar-refractivity contribution is 5.70. The quantitative estimate of drug-likeness (QED) is 0.498. The number of benzene rings is 3. The molecule has 0 saturated heterocycles. The van der Waals surface area contributed by atoms with E-state index in [9.17, 15) is 0 Å². The molecule has 0 unspecified atom stereocenters. The lowest BCUT2D eigenvalue weighted by atomic mass is 10.0. The van der Waals surface area contributed by atoms with E-state index in [-0.39, 0.29) is 0 Å². The second kappa shape index (κ2) is 7.28. The molecule has 0 fully saturated rings. The van der Waals surface area contributed by atoms with Crippen LogP contribution in [0.3, 0.4) is 0 Å². The zero-order valence-electron chi connectivity index (χ0n) is 14.6. The van der Waals surface area contributed by atoms with Crippen molar-refractivity contribution in [2.24, 2.45) is 0 Å². The molecule has 0 aliphatic heterocycles. The molecule has 0 N–H and O–H groups in total. The molecule has 0 aliphatic rings. The van der Waals surface area contributed by atoms with Gasteiger partial charge in [-0.1, -0.05) is 85.8 Å². The summed E-state index contributed by atoms with van der Waals surface area (Å²) in [5.41, 5.74) is 4.34. The monoisotopic (exact) mass is 337 g/mol. The van der Waals surface area contributed by atoms with Gasteiger partial charge in [-0.2, -0.15) is 0 Å². The van der Waals surface area contributed by atoms with Crippen LogP contribution in [-0.2, 0) is 6.42 Å². The Morgan fingerprint density at radius 2 is 1.08 bits per heavy atom. The van der Waals surface area contributed by atoms with Gasteiger partial charge in [-0.05, 0) is 17.2 Å². The Kier molecular flexibility index (Phi) is 4.52. The molecular weight excluding hydrogens is 318 g/mol. The average Bonchev–Trinajstić information content (AvgIpc) is 2.75. The first kappa shape index (κ1) is 16.2. The molecule has 0 radical (unpaired) electrons. The number of hydrogen-bond donors (Lipinski definition) is 0. The minimum atomic E-state index is 0.716. The largest absolute Gasteiger partial charge is 0.213 e. The van der Waals surface area contributed by atoms with Crippen molar-refractivity contribution in [3.63, 3.8) is 0 Å². The van der Waals surface area contributed by atoms with Gasteiger partial charge in [0.05, 0.1) is 0 Å². The summed E-state index contributed by atoms with van der Waals surface area (Å²) in [6.45, 7) is 2.06. The number of rotatable bonds is 4. The van der Waals surface area contributed by atoms with Gasteiger partial charge in [0.25, 0.3) is 0 Å². The van der Waals surface area contributed by atoms with Crippen LogP contribution in [0.25, 0.3) is 33.9 Å². The lowest BCUT2D eigenvalue weighted by molar-refractivity contribution is 0.910. The second-order valence-corrected chi connectivity index (χ2v) is 6.07. The summed E-state index contributed by atoms with van der Waals surface area (Å²) < 4.78 is 0. The number of aromatic nitrogens is 3. The molecule has 0 bridgehead atoms. The maximum atomic E-state index is 4.73. The van der Waals surface area contributed by atoms with Crippen LogP contribution in [0.4, 0.5) is 0 Å². The lowest BCUT2D eigenvalue weighted by Gasteiger charge is -2.08. The molecular formula is C23H19N3. The smallest absolute Gasteiger partial charge is 0.163 e. The fourth-order valence-corrected chi connectivity index (χ4v) is 2.89. The van der Waals surface area contributed by atoms with Crippen molar-refractivity contribution in [1.29, 1.82) is 0 Å². The maximum Gasteiger partial charge on any atom is 0.163 e. The number of hydrogen-bond acceptors (Lipinski definition) is 3. The zero-order chi connectivity index (χ0) is 17.8. The minimum absolute atomic E-state index is 0.716. The molecule has 26 heavy (non-hydrogen) atoms. The van der Waals surface area contributed by atoms with Crippen molar-refractivity contribution >= 4 is 0 Å². The minimum Gasteiger partial charge on any atom is -0.213 e. The highest BCUT2D eigenvalue weighted by Crippen LogP contribution is 2.25. The van der Waals surface area contributed by atoms with Crippen LogP contribution in [0, 0.1) is 0 Å². The molecule has 3 nitrogen and oxygen atoms in total. The first-order valence-electron chi connectivity index (χ1n) is 8.80. The van der Waals surface area contributed by atoms with Crippen LogP contribution in [0.5, 0.6) is 0 Å². The molecule has 4 rings (SSSR count). The standard InChI is InChI=1S/C23H19N3/c1-2-21-24-22(18-12-7-4-8-13-18)26-23(25-21)20-15-9-14-19(16-20)17-10-5-3-6-11-17/h3-16H,2H2,1H3. The first-order chi connectivity index (χ1) is 12.8. The van der Waals surface area contributed by atoms with E-state index in [0.29, 0.717) is 5.82 Å². The van der Waals surface area contributed by atoms with Crippen molar-refractivity contribution < 1.29 is 0 Å². The Balaban J connectivity index is 1.81. The van der Waals surface area contributed by atoms with E-state index in [2.05, 4.69) is 53.3 Å². The van der Waals surface area contributed by atoms with Crippen molar-refractivity contribution in [1.82, 2.24) is 15.0 Å². The molecule has 0 aliphatic carbocycles. The van der Waals surface area contributed by atoms with Gasteiger partial charge in [0, 0.05) is 17.5 Å². The molecule has 4 aromatic rings. The van der Waals surface area contributed by atoms with Crippen LogP contribution in [0.15, 0.2) is 84.9 Å². The third-order valence-corrected chi connectivity index (χ3v) is 4.26. The van der Waals surface area contributed by atoms with Crippen LogP contribution in [0.2, 0.25) is 0 Å². The van der Waals surface area contributed by atoms with Crippen molar-refractivity contribution in [2.45, 2.75) is 13.3 Å². The highest BCUT2D eigenvalue weighted by Gasteiger charge is 2.10. The van der Waals surface area contributed by atoms with Crippen molar-refractivity contribution in [3.8, 4) is 33.9 Å². The lowest BCUT2D eigenvalue weighted by Crippen LogP contribution is -2.02. The average molecular weight is 337 g/mol. The summed E-state index contributed by atoms with van der Waals surface area (Å²) >= 11 is 0. The molecule has 0 atom stereocenters. The molecule has 3 aromatic carbocycles. The van der Waals surface area contributed by atoms with E-state index in [4.69, 9.17) is 4.98 Å². The second-order valence-electron chi connectivity index (χ2n) is 6.07. The summed E-state index contributed by atoms with van der Waals surface area (Å²) in [6.07, 6.45) is 0.772. The van der Waals surface area contributed by atoms with Crippen LogP contribution >= 0.6 is 0 Å². The zero-order valence-corrected chi connectivity index (χ0v) is 14.6. The normalized spacial score (nSPS) is 10.7. The fourth-order valence-electron chi connectivity index (χ4n) is 2.89. The van der Waals surface area contributed by atoms with E-state index in [1.165, 1.54) is 5.56 Å². The predicted molar refractivity (Wildman–Crippen MR) is 106 cm³/mol. The Morgan fingerprint density at radius 1 is 0.538 bits per heavy atom. The fraction of sp³-hybridized carbons (Fsp3) is 0.0870. The van der Waals surface area contributed by atoms with E-state index >= 15 is 0 Å². The molecule has 1 heterocycles. The Bertz CT molecular complexity index is 1010. The Morgan fingerprint density at radius 3 is 1.73 bits per heavy atom. The Hall–Kier alpha value is -3.33. The summed E-state index contributed by atoms with van der Waals surface area (Å²) in [6, 6.07) is 28.7. The Labute approximate surface area is 153 Å². The SMILES string of the molecule is CCc1nc(-c2ccccc2)nc(-c2cccc(-c3ccccc3)c2)n1. The van der Waals surface area contributed by atoms with Gasteiger partial charge in [-0.25, -0.2) is 15.0 Å². The topological polar surface area (TPSA) is 38.7 Å². The third-order valence-electron chi connectivity index (χ3n) is 4.26. The van der Waals surface area contributed by atoms with E-state index in [0.717, 1.165) is 34.8 Å². The first-order valence-corrected chi connectivity index (χ1v) is 8.80. The highest BCUT2D eigenvalue weighted by atomic mass is 15.0. The summed E-state index contributed by atoms with van der Waals surface area (Å²) in [5, 5.41) is 0. The number of aryl methyl sites for hydroxylation is 1.